The molecule has 0 saturated carbocycles. The summed E-state index contributed by atoms with van der Waals surface area (Å²) in [5, 5.41) is 8.97. The monoisotopic (exact) mass is 272 g/mol. The lowest BCUT2D eigenvalue weighted by Gasteiger charge is -2.08. The Balaban J connectivity index is 2.06. The van der Waals surface area contributed by atoms with E-state index in [1.807, 2.05) is 0 Å². The van der Waals surface area contributed by atoms with Gasteiger partial charge in [-0.1, -0.05) is 12.1 Å². The Morgan fingerprint density at radius 1 is 1.35 bits per heavy atom. The number of nitrogens with two attached hydrogens (primary N) is 1. The summed E-state index contributed by atoms with van der Waals surface area (Å²) in [4.78, 5) is 22.5. The molecule has 0 fully saturated rings. The number of para-hydroxylation sites is 2. The van der Waals surface area contributed by atoms with E-state index >= 15 is 0 Å². The first kappa shape index (κ1) is 13.3. The second-order valence-electron chi connectivity index (χ2n) is 3.77. The minimum atomic E-state index is -0.944. The number of carbonyl (C=O) groups excluding carboxylic acids is 2. The molecule has 0 aliphatic carbocycles. The van der Waals surface area contributed by atoms with Crippen LogP contribution in [-0.4, -0.2) is 22.2 Å². The maximum Gasteiger partial charge on any atom is 0.410 e. The van der Waals surface area contributed by atoms with Gasteiger partial charge >= 0.3 is 6.09 Å². The van der Waals surface area contributed by atoms with E-state index in [-0.39, 0.29) is 11.7 Å². The van der Waals surface area contributed by atoms with Crippen LogP contribution in [0.3, 0.4) is 0 Å². The molecule has 2 rings (SSSR count). The smallest absolute Gasteiger partial charge is 0.408 e. The molecule has 0 spiro atoms. The number of carbonyl (C=O) groups is 2. The molecule has 0 aliphatic heterocycles. The number of anilines is 1. The molecule has 0 unspecified atom stereocenters. The van der Waals surface area contributed by atoms with Crippen molar-refractivity contribution in [3.8, 4) is 5.75 Å². The van der Waals surface area contributed by atoms with Crippen molar-refractivity contribution in [3.63, 3.8) is 0 Å². The first-order valence-corrected chi connectivity index (χ1v) is 5.69. The van der Waals surface area contributed by atoms with Gasteiger partial charge in [0.1, 0.15) is 0 Å². The van der Waals surface area contributed by atoms with Crippen LogP contribution >= 0.6 is 0 Å². The molecular formula is C13H12N4O3. The van der Waals surface area contributed by atoms with Crippen LogP contribution in [0.2, 0.25) is 0 Å². The summed E-state index contributed by atoms with van der Waals surface area (Å²) in [6.07, 6.45) is 5.21. The lowest BCUT2D eigenvalue weighted by molar-refractivity contribution is -0.111. The van der Waals surface area contributed by atoms with Crippen LogP contribution < -0.4 is 15.8 Å². The quantitative estimate of drug-likeness (QED) is 0.733. The van der Waals surface area contributed by atoms with Gasteiger partial charge in [0.2, 0.25) is 5.91 Å². The van der Waals surface area contributed by atoms with Crippen molar-refractivity contribution in [1.29, 1.82) is 0 Å². The molecule has 7 heteroatoms. The third kappa shape index (κ3) is 3.70. The number of nitrogens with one attached hydrogen (secondary N) is 2. The van der Waals surface area contributed by atoms with E-state index in [9.17, 15) is 9.59 Å². The third-order valence-electron chi connectivity index (χ3n) is 2.30. The van der Waals surface area contributed by atoms with E-state index in [1.165, 1.54) is 12.1 Å². The minimum absolute atomic E-state index is 0.185. The first-order chi connectivity index (χ1) is 9.65. The summed E-state index contributed by atoms with van der Waals surface area (Å²) in [5.41, 5.74) is 6.07. The van der Waals surface area contributed by atoms with Gasteiger partial charge in [0, 0.05) is 17.8 Å². The predicted molar refractivity (Wildman–Crippen MR) is 72.9 cm³/mol. The van der Waals surface area contributed by atoms with E-state index in [0.29, 0.717) is 5.69 Å². The van der Waals surface area contributed by atoms with Crippen LogP contribution in [0.4, 0.5) is 10.5 Å². The lowest BCUT2D eigenvalue weighted by Crippen LogP contribution is -2.18. The molecule has 1 aromatic heterocycles. The fourth-order valence-electron chi connectivity index (χ4n) is 1.47. The number of aromatic amines is 1. The summed E-state index contributed by atoms with van der Waals surface area (Å²) in [5.74, 6) is -0.184. The molecule has 0 atom stereocenters. The molecule has 1 heterocycles. The summed E-state index contributed by atoms with van der Waals surface area (Å²) < 4.78 is 4.78. The average molecular weight is 272 g/mol. The molecule has 1 aromatic carbocycles. The van der Waals surface area contributed by atoms with Gasteiger partial charge in [0.05, 0.1) is 11.9 Å². The van der Waals surface area contributed by atoms with Gasteiger partial charge in [-0.2, -0.15) is 5.10 Å². The zero-order valence-electron chi connectivity index (χ0n) is 10.4. The number of nitrogens with zero attached hydrogens (tertiary/aromatic N) is 1. The number of aromatic nitrogens is 2. The van der Waals surface area contributed by atoms with E-state index < -0.39 is 6.09 Å². The van der Waals surface area contributed by atoms with Crippen molar-refractivity contribution in [2.45, 2.75) is 0 Å². The lowest BCUT2D eigenvalue weighted by atomic mass is 10.2. The Kier molecular flexibility index (Phi) is 4.13. The second-order valence-corrected chi connectivity index (χ2v) is 3.77. The number of amides is 2. The van der Waals surface area contributed by atoms with Gasteiger partial charge in [-0.25, -0.2) is 4.79 Å². The number of hydrogen-bond acceptors (Lipinski definition) is 4. The predicted octanol–water partition coefficient (Wildman–Crippen LogP) is 1.52. The second kappa shape index (κ2) is 6.19. The molecule has 0 radical (unpaired) electrons. The Hall–Kier alpha value is -3.09. The van der Waals surface area contributed by atoms with Crippen molar-refractivity contribution in [2.24, 2.45) is 5.73 Å². The van der Waals surface area contributed by atoms with Crippen LogP contribution in [0.1, 0.15) is 5.56 Å². The van der Waals surface area contributed by atoms with Gasteiger partial charge < -0.3 is 15.8 Å². The van der Waals surface area contributed by atoms with E-state index in [1.54, 1.807) is 36.7 Å². The maximum atomic E-state index is 11.7. The zero-order chi connectivity index (χ0) is 14.4. The molecule has 0 bridgehead atoms. The molecule has 2 aromatic rings. The Morgan fingerprint density at radius 3 is 2.85 bits per heavy atom. The molecule has 20 heavy (non-hydrogen) atoms. The SMILES string of the molecule is NC(=O)Oc1ccccc1NC(=O)/C=C/c1cn[nH]c1. The molecule has 102 valence electrons. The normalized spacial score (nSPS) is 10.4. The van der Waals surface area contributed by atoms with E-state index in [4.69, 9.17) is 10.5 Å². The van der Waals surface area contributed by atoms with Crippen LogP contribution in [0.15, 0.2) is 42.7 Å². The topological polar surface area (TPSA) is 110 Å². The van der Waals surface area contributed by atoms with Crippen LogP contribution in [0.25, 0.3) is 6.08 Å². The number of benzene rings is 1. The molecule has 4 N–H and O–H groups in total. The van der Waals surface area contributed by atoms with E-state index in [2.05, 4.69) is 15.5 Å². The first-order valence-electron chi connectivity index (χ1n) is 5.69. The van der Waals surface area contributed by atoms with Crippen LogP contribution in [-0.2, 0) is 4.79 Å². The number of ether oxygens (including phenoxy) is 1. The van der Waals surface area contributed by atoms with Crippen molar-refractivity contribution in [2.75, 3.05) is 5.32 Å². The summed E-state index contributed by atoms with van der Waals surface area (Å²) in [6, 6.07) is 6.49. The van der Waals surface area contributed by atoms with Gasteiger partial charge in [-0.15, -0.1) is 0 Å². The third-order valence-corrected chi connectivity index (χ3v) is 2.30. The van der Waals surface area contributed by atoms with Crippen molar-refractivity contribution in [1.82, 2.24) is 10.2 Å². The average Bonchev–Trinajstić information content (AvgIpc) is 2.91. The largest absolute Gasteiger partial charge is 0.410 e. The zero-order valence-corrected chi connectivity index (χ0v) is 10.4. The van der Waals surface area contributed by atoms with Gasteiger partial charge in [-0.3, -0.25) is 9.89 Å². The van der Waals surface area contributed by atoms with Crippen LogP contribution in [0.5, 0.6) is 5.75 Å². The highest BCUT2D eigenvalue weighted by Gasteiger charge is 2.07. The summed E-state index contributed by atoms with van der Waals surface area (Å²) in [7, 11) is 0. The Labute approximate surface area is 114 Å². The maximum absolute atomic E-state index is 11.7. The van der Waals surface area contributed by atoms with Crippen molar-refractivity contribution in [3.05, 3.63) is 48.3 Å². The summed E-state index contributed by atoms with van der Waals surface area (Å²) >= 11 is 0. The fourth-order valence-corrected chi connectivity index (χ4v) is 1.47. The van der Waals surface area contributed by atoms with E-state index in [0.717, 1.165) is 5.56 Å². The van der Waals surface area contributed by atoms with Gasteiger partial charge in [0.15, 0.2) is 5.75 Å². The van der Waals surface area contributed by atoms with Crippen LogP contribution in [0, 0.1) is 0 Å². The molecule has 7 nitrogen and oxygen atoms in total. The van der Waals surface area contributed by atoms with Gasteiger partial charge in [0.25, 0.3) is 0 Å². The Morgan fingerprint density at radius 2 is 2.15 bits per heavy atom. The summed E-state index contributed by atoms with van der Waals surface area (Å²) in [6.45, 7) is 0. The molecule has 0 aliphatic rings. The highest BCUT2D eigenvalue weighted by atomic mass is 16.5. The molecule has 0 saturated heterocycles. The number of primary amides is 1. The molecular weight excluding hydrogens is 260 g/mol. The highest BCUT2D eigenvalue weighted by Crippen LogP contribution is 2.23. The standard InChI is InChI=1S/C13H12N4O3/c14-13(19)20-11-4-2-1-3-10(11)17-12(18)6-5-9-7-15-16-8-9/h1-8H,(H2,14,19)(H,15,16)(H,17,18)/b6-5+. The Bertz CT molecular complexity index is 635. The molecule has 2 amide bonds. The minimum Gasteiger partial charge on any atom is -0.408 e. The highest BCUT2D eigenvalue weighted by molar-refractivity contribution is 6.02. The number of hydrogen-bond donors (Lipinski definition) is 3. The van der Waals surface area contributed by atoms with Crippen molar-refractivity contribution < 1.29 is 14.3 Å². The number of rotatable bonds is 4. The van der Waals surface area contributed by atoms with Gasteiger partial charge in [-0.05, 0) is 18.2 Å². The number of H-pyrrole nitrogens is 1. The van der Waals surface area contributed by atoms with Crippen molar-refractivity contribution >= 4 is 23.8 Å². The fraction of sp³-hybridized carbons (Fsp3) is 0.